The molecule has 0 saturated carbocycles. The third kappa shape index (κ3) is 2.16. The van der Waals surface area contributed by atoms with Gasteiger partial charge < -0.3 is 0 Å². The first-order chi connectivity index (χ1) is 9.78. The van der Waals surface area contributed by atoms with Gasteiger partial charge in [-0.15, -0.1) is 4.91 Å². The van der Waals surface area contributed by atoms with E-state index in [0.29, 0.717) is 11.4 Å². The first-order valence-electron chi connectivity index (χ1n) is 6.09. The molecule has 5 nitrogen and oxygen atoms in total. The zero-order valence-electron chi connectivity index (χ0n) is 10.5. The molecule has 0 amide bonds. The molecule has 1 aromatic heterocycles. The molecule has 0 radical (unpaired) electrons. The normalized spacial score (nSPS) is 10.4. The molecule has 0 fully saturated rings. The number of aromatic amines is 1. The number of H-pyrrole nitrogens is 1. The van der Waals surface area contributed by atoms with Crippen LogP contribution in [0.5, 0.6) is 0 Å². The molecule has 1 N–H and O–H groups in total. The Labute approximate surface area is 114 Å². The minimum absolute atomic E-state index is 0.157. The van der Waals surface area contributed by atoms with E-state index in [1.807, 2.05) is 30.3 Å². The van der Waals surface area contributed by atoms with Crippen molar-refractivity contribution in [2.45, 2.75) is 0 Å². The van der Waals surface area contributed by atoms with E-state index in [-0.39, 0.29) is 5.56 Å². The summed E-state index contributed by atoms with van der Waals surface area (Å²) in [5, 5.41) is 5.88. The third-order valence-corrected chi connectivity index (χ3v) is 3.02. The summed E-state index contributed by atoms with van der Waals surface area (Å²) in [6.07, 6.45) is 0. The highest BCUT2D eigenvalue weighted by Gasteiger charge is 2.06. The number of nitrogens with zero attached hydrogens (tertiary/aromatic N) is 2. The van der Waals surface area contributed by atoms with Crippen molar-refractivity contribution in [3.05, 3.63) is 75.9 Å². The molecule has 3 aromatic rings. The van der Waals surface area contributed by atoms with Gasteiger partial charge in [0.15, 0.2) is 0 Å². The molecule has 3 rings (SSSR count). The highest BCUT2D eigenvalue weighted by molar-refractivity contribution is 5.58. The molecule has 20 heavy (non-hydrogen) atoms. The van der Waals surface area contributed by atoms with Crippen LogP contribution in [0.4, 0.5) is 5.69 Å². The molecule has 5 heteroatoms. The van der Waals surface area contributed by atoms with Gasteiger partial charge in [-0.3, -0.25) is 9.89 Å². The fourth-order valence-electron chi connectivity index (χ4n) is 2.02. The predicted molar refractivity (Wildman–Crippen MR) is 77.3 cm³/mol. The van der Waals surface area contributed by atoms with E-state index in [9.17, 15) is 9.70 Å². The van der Waals surface area contributed by atoms with Gasteiger partial charge in [0.2, 0.25) is 0 Å². The van der Waals surface area contributed by atoms with Crippen molar-refractivity contribution < 1.29 is 0 Å². The Balaban J connectivity index is 2.04. The fraction of sp³-hybridized carbons (Fsp3) is 0. The van der Waals surface area contributed by atoms with Crippen LogP contribution < -0.4 is 5.56 Å². The number of hydrogen-bond acceptors (Lipinski definition) is 3. The zero-order chi connectivity index (χ0) is 13.9. The van der Waals surface area contributed by atoms with Crippen LogP contribution in [-0.4, -0.2) is 9.78 Å². The number of nitroso groups, excluding NO2 is 1. The highest BCUT2D eigenvalue weighted by Crippen LogP contribution is 2.17. The Kier molecular flexibility index (Phi) is 3.01. The van der Waals surface area contributed by atoms with Gasteiger partial charge in [0.25, 0.3) is 5.56 Å². The van der Waals surface area contributed by atoms with Gasteiger partial charge in [-0.1, -0.05) is 30.3 Å². The molecule has 0 spiro atoms. The van der Waals surface area contributed by atoms with Crippen molar-refractivity contribution in [3.8, 4) is 16.9 Å². The van der Waals surface area contributed by atoms with Gasteiger partial charge in [-0.2, -0.15) is 0 Å². The lowest BCUT2D eigenvalue weighted by molar-refractivity contribution is 0.852. The van der Waals surface area contributed by atoms with E-state index in [4.69, 9.17) is 0 Å². The van der Waals surface area contributed by atoms with Crippen LogP contribution in [-0.2, 0) is 0 Å². The van der Waals surface area contributed by atoms with Crippen LogP contribution in [0, 0.1) is 4.91 Å². The van der Waals surface area contributed by atoms with E-state index in [1.165, 1.54) is 4.68 Å². The number of benzene rings is 2. The standard InChI is InChI=1S/C15H11N3O2/c19-15-10-14(11-4-2-1-3-5-11)16-18(15)13-8-6-12(17-20)7-9-13/h1-10,16H. The fourth-order valence-corrected chi connectivity index (χ4v) is 2.02. The van der Waals surface area contributed by atoms with Crippen LogP contribution in [0.2, 0.25) is 0 Å². The molecular weight excluding hydrogens is 254 g/mol. The first kappa shape index (κ1) is 12.1. The second-order valence-electron chi connectivity index (χ2n) is 4.32. The van der Waals surface area contributed by atoms with Crippen molar-refractivity contribution in [3.63, 3.8) is 0 Å². The molecule has 0 saturated heterocycles. The van der Waals surface area contributed by atoms with Gasteiger partial charge in [-0.25, -0.2) is 4.68 Å². The molecule has 2 aromatic carbocycles. The number of hydrogen-bond donors (Lipinski definition) is 1. The molecular formula is C15H11N3O2. The summed E-state index contributed by atoms with van der Waals surface area (Å²) in [5.74, 6) is 0. The monoisotopic (exact) mass is 265 g/mol. The summed E-state index contributed by atoms with van der Waals surface area (Å²) in [5.41, 5.74) is 2.51. The number of rotatable bonds is 3. The van der Waals surface area contributed by atoms with Crippen molar-refractivity contribution in [2.75, 3.05) is 0 Å². The van der Waals surface area contributed by atoms with Crippen molar-refractivity contribution in [2.24, 2.45) is 5.18 Å². The average molecular weight is 265 g/mol. The first-order valence-corrected chi connectivity index (χ1v) is 6.09. The SMILES string of the molecule is O=Nc1ccc(-n2[nH]c(-c3ccccc3)cc2=O)cc1. The van der Waals surface area contributed by atoms with E-state index < -0.39 is 0 Å². The summed E-state index contributed by atoms with van der Waals surface area (Å²) in [4.78, 5) is 22.4. The Morgan fingerprint density at radius 3 is 2.30 bits per heavy atom. The molecule has 98 valence electrons. The molecule has 0 aliphatic heterocycles. The van der Waals surface area contributed by atoms with Crippen LogP contribution >= 0.6 is 0 Å². The van der Waals surface area contributed by atoms with Crippen molar-refractivity contribution in [1.29, 1.82) is 0 Å². The molecule has 0 atom stereocenters. The molecule has 0 unspecified atom stereocenters. The van der Waals surface area contributed by atoms with E-state index in [1.54, 1.807) is 30.3 Å². The lowest BCUT2D eigenvalue weighted by Gasteiger charge is -2.02. The number of nitrogens with one attached hydrogen (secondary N) is 1. The topological polar surface area (TPSA) is 67.2 Å². The highest BCUT2D eigenvalue weighted by atomic mass is 16.3. The van der Waals surface area contributed by atoms with Crippen LogP contribution in [0.15, 0.2) is 70.6 Å². The van der Waals surface area contributed by atoms with Gasteiger partial charge in [-0.05, 0) is 35.0 Å². The minimum atomic E-state index is -0.157. The van der Waals surface area contributed by atoms with Gasteiger partial charge in [0, 0.05) is 6.07 Å². The Bertz CT molecular complexity index is 786. The Morgan fingerprint density at radius 1 is 0.950 bits per heavy atom. The lowest BCUT2D eigenvalue weighted by atomic mass is 10.2. The maximum absolute atomic E-state index is 12.0. The van der Waals surface area contributed by atoms with Crippen LogP contribution in [0.3, 0.4) is 0 Å². The smallest absolute Gasteiger partial charge is 0.271 e. The van der Waals surface area contributed by atoms with Gasteiger partial charge in [0.1, 0.15) is 5.69 Å². The maximum atomic E-state index is 12.0. The van der Waals surface area contributed by atoms with E-state index in [2.05, 4.69) is 10.3 Å². The van der Waals surface area contributed by atoms with E-state index >= 15 is 0 Å². The summed E-state index contributed by atoms with van der Waals surface area (Å²) >= 11 is 0. The van der Waals surface area contributed by atoms with Crippen molar-refractivity contribution >= 4 is 5.69 Å². The van der Waals surface area contributed by atoms with Crippen LogP contribution in [0.1, 0.15) is 0 Å². The van der Waals surface area contributed by atoms with Gasteiger partial charge in [0.05, 0.1) is 11.4 Å². The largest absolute Gasteiger partial charge is 0.290 e. The van der Waals surface area contributed by atoms with Gasteiger partial charge >= 0.3 is 0 Å². The quantitative estimate of drug-likeness (QED) is 0.739. The Morgan fingerprint density at radius 2 is 1.65 bits per heavy atom. The zero-order valence-corrected chi connectivity index (χ0v) is 10.5. The molecule has 0 aliphatic rings. The predicted octanol–water partition coefficient (Wildman–Crippen LogP) is 3.23. The summed E-state index contributed by atoms with van der Waals surface area (Å²) in [6.45, 7) is 0. The summed E-state index contributed by atoms with van der Waals surface area (Å²) < 4.78 is 1.43. The number of aromatic nitrogens is 2. The third-order valence-electron chi connectivity index (χ3n) is 3.02. The maximum Gasteiger partial charge on any atom is 0.271 e. The molecule has 0 aliphatic carbocycles. The lowest BCUT2D eigenvalue weighted by Crippen LogP contribution is -2.12. The van der Waals surface area contributed by atoms with E-state index in [0.717, 1.165) is 11.3 Å². The average Bonchev–Trinajstić information content (AvgIpc) is 2.90. The second kappa shape index (κ2) is 4.97. The molecule has 0 bridgehead atoms. The second-order valence-corrected chi connectivity index (χ2v) is 4.32. The molecule has 1 heterocycles. The van der Waals surface area contributed by atoms with Crippen LogP contribution in [0.25, 0.3) is 16.9 Å². The van der Waals surface area contributed by atoms with Crippen molar-refractivity contribution in [1.82, 2.24) is 9.78 Å². The Hall–Kier alpha value is -2.95. The summed E-state index contributed by atoms with van der Waals surface area (Å²) in [7, 11) is 0. The summed E-state index contributed by atoms with van der Waals surface area (Å²) in [6, 6.07) is 17.6. The minimum Gasteiger partial charge on any atom is -0.290 e.